The molecule has 0 amide bonds. The zero-order valence-electron chi connectivity index (χ0n) is 11.2. The van der Waals surface area contributed by atoms with Crippen molar-refractivity contribution in [3.63, 3.8) is 0 Å². The molecule has 2 heterocycles. The van der Waals surface area contributed by atoms with Gasteiger partial charge in [0.05, 0.1) is 12.7 Å². The van der Waals surface area contributed by atoms with Crippen LogP contribution in [0.2, 0.25) is 0 Å². The lowest BCUT2D eigenvalue weighted by Crippen LogP contribution is -2.56. The van der Waals surface area contributed by atoms with Gasteiger partial charge in [0.2, 0.25) is 6.23 Å². The van der Waals surface area contributed by atoms with Crippen LogP contribution in [0.1, 0.15) is 6.23 Å². The number of morpholine rings is 1. The normalized spacial score (nSPS) is 25.1. The molecule has 1 saturated heterocycles. The van der Waals surface area contributed by atoms with Crippen LogP contribution in [-0.4, -0.2) is 62.9 Å². The highest BCUT2D eigenvalue weighted by molar-refractivity contribution is 4.87. The predicted molar refractivity (Wildman–Crippen MR) is 66.0 cm³/mol. The van der Waals surface area contributed by atoms with Gasteiger partial charge in [0, 0.05) is 25.4 Å². The third-order valence-corrected chi connectivity index (χ3v) is 3.18. The minimum absolute atomic E-state index is 0.355. The Morgan fingerprint density at radius 2 is 2.09 bits per heavy atom. The first kappa shape index (κ1) is 16.7. The molecule has 124 valence electrons. The van der Waals surface area contributed by atoms with E-state index in [9.17, 15) is 27.9 Å². The number of halogens is 3. The lowest BCUT2D eigenvalue weighted by atomic mass is 10.2. The lowest BCUT2D eigenvalue weighted by Gasteiger charge is -2.40. The number of nitrogens with zero attached hydrogens (tertiary/aromatic N) is 2. The van der Waals surface area contributed by atoms with Crippen molar-refractivity contribution >= 4 is 0 Å². The van der Waals surface area contributed by atoms with Gasteiger partial charge >= 0.3 is 11.9 Å². The van der Waals surface area contributed by atoms with Crippen LogP contribution in [0.3, 0.4) is 0 Å². The number of nitrogens with one attached hydrogen (secondary N) is 1. The van der Waals surface area contributed by atoms with Gasteiger partial charge in [-0.2, -0.15) is 13.2 Å². The van der Waals surface area contributed by atoms with Crippen molar-refractivity contribution in [3.8, 4) is 0 Å². The van der Waals surface area contributed by atoms with E-state index in [2.05, 4.69) is 0 Å². The van der Waals surface area contributed by atoms with Gasteiger partial charge < -0.3 is 14.9 Å². The summed E-state index contributed by atoms with van der Waals surface area (Å²) in [7, 11) is 0. The number of aromatic nitrogens is 2. The number of H-pyrrole nitrogens is 1. The van der Waals surface area contributed by atoms with E-state index in [4.69, 9.17) is 9.84 Å². The highest BCUT2D eigenvalue weighted by atomic mass is 19.4. The maximum absolute atomic E-state index is 12.6. The molecule has 3 unspecified atom stereocenters. The molecule has 22 heavy (non-hydrogen) atoms. The molecule has 0 spiro atoms. The third kappa shape index (κ3) is 3.55. The van der Waals surface area contributed by atoms with Crippen LogP contribution in [0.5, 0.6) is 0 Å². The van der Waals surface area contributed by atoms with Crippen LogP contribution >= 0.6 is 0 Å². The Morgan fingerprint density at radius 3 is 2.64 bits per heavy atom. The molecule has 8 nitrogen and oxygen atoms in total. The Hall–Kier alpha value is -1.69. The largest absolute Gasteiger partial charge is 0.428 e. The second kappa shape index (κ2) is 6.20. The van der Waals surface area contributed by atoms with E-state index in [1.54, 1.807) is 0 Å². The molecule has 1 aromatic heterocycles. The number of hydrogen-bond acceptors (Lipinski definition) is 6. The molecule has 1 aliphatic rings. The van der Waals surface area contributed by atoms with E-state index in [-0.39, 0.29) is 6.54 Å². The summed E-state index contributed by atoms with van der Waals surface area (Å²) in [6.45, 7) is -1.38. The SMILES string of the molecule is O=c1ccn(C2CN(C(O)C(F)(F)F)CC(CO)O2)c(=O)[nH]1. The van der Waals surface area contributed by atoms with E-state index in [1.165, 1.54) is 0 Å². The fourth-order valence-electron chi connectivity index (χ4n) is 2.16. The van der Waals surface area contributed by atoms with Gasteiger partial charge in [-0.1, -0.05) is 0 Å². The number of aliphatic hydroxyl groups is 2. The van der Waals surface area contributed by atoms with Crippen molar-refractivity contribution in [1.29, 1.82) is 0 Å². The number of aliphatic hydroxyl groups excluding tert-OH is 2. The van der Waals surface area contributed by atoms with Gasteiger partial charge in [0.25, 0.3) is 5.56 Å². The first-order valence-corrected chi connectivity index (χ1v) is 6.29. The van der Waals surface area contributed by atoms with Gasteiger partial charge in [-0.15, -0.1) is 0 Å². The maximum atomic E-state index is 12.6. The number of aromatic amines is 1. The summed E-state index contributed by atoms with van der Waals surface area (Å²) in [5, 5.41) is 18.4. The Morgan fingerprint density at radius 1 is 1.41 bits per heavy atom. The minimum atomic E-state index is -4.88. The van der Waals surface area contributed by atoms with Gasteiger partial charge in [0.1, 0.15) is 0 Å². The average molecular weight is 325 g/mol. The van der Waals surface area contributed by atoms with E-state index < -0.39 is 49.1 Å². The van der Waals surface area contributed by atoms with E-state index >= 15 is 0 Å². The van der Waals surface area contributed by atoms with Crippen molar-refractivity contribution < 1.29 is 28.1 Å². The van der Waals surface area contributed by atoms with Crippen molar-refractivity contribution in [2.75, 3.05) is 19.7 Å². The Balaban J connectivity index is 2.28. The smallest absolute Gasteiger partial charge is 0.394 e. The summed E-state index contributed by atoms with van der Waals surface area (Å²) < 4.78 is 44.0. The van der Waals surface area contributed by atoms with Gasteiger partial charge in [-0.25, -0.2) is 4.79 Å². The topological polar surface area (TPSA) is 108 Å². The second-order valence-electron chi connectivity index (χ2n) is 4.78. The van der Waals surface area contributed by atoms with Crippen LogP contribution in [0, 0.1) is 0 Å². The summed E-state index contributed by atoms with van der Waals surface area (Å²) in [4.78, 5) is 25.3. The Bertz CT molecular complexity index is 628. The van der Waals surface area contributed by atoms with Crippen molar-refractivity contribution in [3.05, 3.63) is 33.1 Å². The fourth-order valence-corrected chi connectivity index (χ4v) is 2.16. The molecule has 2 rings (SSSR count). The zero-order valence-corrected chi connectivity index (χ0v) is 11.2. The molecule has 0 bridgehead atoms. The third-order valence-electron chi connectivity index (χ3n) is 3.18. The summed E-state index contributed by atoms with van der Waals surface area (Å²) >= 11 is 0. The first-order valence-electron chi connectivity index (χ1n) is 6.29. The molecule has 1 fully saturated rings. The van der Waals surface area contributed by atoms with Crippen LogP contribution in [-0.2, 0) is 4.74 Å². The fraction of sp³-hybridized carbons (Fsp3) is 0.636. The maximum Gasteiger partial charge on any atom is 0.428 e. The lowest BCUT2D eigenvalue weighted by molar-refractivity contribution is -0.273. The molecule has 11 heteroatoms. The van der Waals surface area contributed by atoms with Crippen LogP contribution < -0.4 is 11.2 Å². The van der Waals surface area contributed by atoms with Gasteiger partial charge in [-0.05, 0) is 0 Å². The molecule has 1 aliphatic heterocycles. The summed E-state index contributed by atoms with van der Waals surface area (Å²) in [6, 6.07) is 1.01. The second-order valence-corrected chi connectivity index (χ2v) is 4.78. The van der Waals surface area contributed by atoms with Gasteiger partial charge in [-0.3, -0.25) is 19.2 Å². The molecule has 0 radical (unpaired) electrons. The zero-order chi connectivity index (χ0) is 16.5. The van der Waals surface area contributed by atoms with E-state index in [0.29, 0.717) is 4.90 Å². The standard InChI is InChI=1S/C11H14F3N3O5/c12-11(13,14)9(20)16-3-6(5-18)22-8(4-16)17-2-1-7(19)15-10(17)21/h1-2,6,8-9,18,20H,3-5H2,(H,15,19,21). The van der Waals surface area contributed by atoms with Crippen LogP contribution in [0.4, 0.5) is 13.2 Å². The monoisotopic (exact) mass is 325 g/mol. The van der Waals surface area contributed by atoms with Crippen LogP contribution in [0.25, 0.3) is 0 Å². The van der Waals surface area contributed by atoms with Gasteiger partial charge in [0.15, 0.2) is 6.23 Å². The highest BCUT2D eigenvalue weighted by Crippen LogP contribution is 2.27. The molecular formula is C11H14F3N3O5. The molecule has 3 atom stereocenters. The Labute approximate surface area is 121 Å². The molecule has 0 aromatic carbocycles. The predicted octanol–water partition coefficient (Wildman–Crippen LogP) is -1.39. The van der Waals surface area contributed by atoms with Crippen molar-refractivity contribution in [2.24, 2.45) is 0 Å². The van der Waals surface area contributed by atoms with Crippen LogP contribution in [0.15, 0.2) is 21.9 Å². The molecule has 1 aromatic rings. The number of alkyl halides is 3. The quantitative estimate of drug-likeness (QED) is 0.631. The van der Waals surface area contributed by atoms with E-state index in [0.717, 1.165) is 16.8 Å². The van der Waals surface area contributed by atoms with Crippen molar-refractivity contribution in [1.82, 2.24) is 14.5 Å². The van der Waals surface area contributed by atoms with E-state index in [1.807, 2.05) is 4.98 Å². The van der Waals surface area contributed by atoms with Crippen molar-refractivity contribution in [2.45, 2.75) is 24.7 Å². The number of rotatable bonds is 3. The summed E-state index contributed by atoms with van der Waals surface area (Å²) in [5.41, 5.74) is -1.53. The summed E-state index contributed by atoms with van der Waals surface area (Å²) in [6.07, 6.45) is -8.75. The minimum Gasteiger partial charge on any atom is -0.394 e. The number of hydrogen-bond donors (Lipinski definition) is 3. The highest BCUT2D eigenvalue weighted by Gasteiger charge is 2.45. The molecule has 0 aliphatic carbocycles. The number of ether oxygens (including phenoxy) is 1. The molecule has 3 N–H and O–H groups in total. The Kier molecular flexibility index (Phi) is 4.70. The summed E-state index contributed by atoms with van der Waals surface area (Å²) in [5.74, 6) is 0. The molecular weight excluding hydrogens is 311 g/mol. The average Bonchev–Trinajstić information content (AvgIpc) is 2.44. The molecule has 0 saturated carbocycles. The first-order chi connectivity index (χ1) is 10.2.